The molecule has 6 heteroatoms. The minimum Gasteiger partial charge on any atom is -0.292 e. The molecule has 21 heavy (non-hydrogen) atoms. The quantitative estimate of drug-likeness (QED) is 0.357. The van der Waals surface area contributed by atoms with E-state index in [1.807, 2.05) is 0 Å². The molecule has 0 saturated carbocycles. The van der Waals surface area contributed by atoms with Crippen LogP contribution in [0.4, 0.5) is 0 Å². The van der Waals surface area contributed by atoms with Crippen molar-refractivity contribution in [3.63, 3.8) is 0 Å². The molecule has 1 aliphatic heterocycles. The van der Waals surface area contributed by atoms with E-state index in [1.54, 1.807) is 0 Å². The van der Waals surface area contributed by atoms with E-state index in [0.29, 0.717) is 6.04 Å². The molecule has 126 valence electrons. The van der Waals surface area contributed by atoms with Gasteiger partial charge >= 0.3 is 7.71 Å². The second-order valence-corrected chi connectivity index (χ2v) is 15.5. The lowest BCUT2D eigenvalue weighted by Crippen LogP contribution is -2.69. The maximum Gasteiger partial charge on any atom is 0.341 e. The lowest BCUT2D eigenvalue weighted by atomic mass is 9.84. The van der Waals surface area contributed by atoms with E-state index < -0.39 is 12.2 Å². The molecule has 2 atom stereocenters. The SMILES string of the molecule is CC(C)(C)C1CN(C(C)(C)C)[Si](Cl)(C(Cl)Cl)N1C(C)(C)C. The van der Waals surface area contributed by atoms with Gasteiger partial charge in [0.05, 0.1) is 0 Å². The zero-order chi connectivity index (χ0) is 17.0. The largest absolute Gasteiger partial charge is 0.341 e. The van der Waals surface area contributed by atoms with E-state index in [1.165, 1.54) is 0 Å². The van der Waals surface area contributed by atoms with E-state index in [4.69, 9.17) is 34.3 Å². The minimum absolute atomic E-state index is 0.0560. The minimum atomic E-state index is -2.70. The van der Waals surface area contributed by atoms with Gasteiger partial charge < -0.3 is 0 Å². The molecule has 0 amide bonds. The molecule has 0 aliphatic carbocycles. The Hall–Kier alpha value is 1.01. The van der Waals surface area contributed by atoms with E-state index in [2.05, 4.69) is 71.4 Å². The zero-order valence-corrected chi connectivity index (χ0v) is 18.2. The highest BCUT2D eigenvalue weighted by atomic mass is 35.6. The maximum absolute atomic E-state index is 7.23. The van der Waals surface area contributed by atoms with Crippen molar-refractivity contribution in [2.75, 3.05) is 6.54 Å². The van der Waals surface area contributed by atoms with Gasteiger partial charge in [-0.2, -0.15) is 0 Å². The van der Waals surface area contributed by atoms with Crippen LogP contribution in [0.2, 0.25) is 0 Å². The highest BCUT2D eigenvalue weighted by molar-refractivity contribution is 7.23. The summed E-state index contributed by atoms with van der Waals surface area (Å²) in [6.45, 7) is 20.9. The van der Waals surface area contributed by atoms with Crippen LogP contribution in [0, 0.1) is 5.41 Å². The van der Waals surface area contributed by atoms with Crippen molar-refractivity contribution < 1.29 is 0 Å². The molecule has 0 aromatic carbocycles. The van der Waals surface area contributed by atoms with Gasteiger partial charge in [-0.25, -0.2) is 0 Å². The Balaban J connectivity index is 3.50. The molecule has 0 aromatic rings. The smallest absolute Gasteiger partial charge is 0.292 e. The zero-order valence-electron chi connectivity index (χ0n) is 14.9. The van der Waals surface area contributed by atoms with Gasteiger partial charge in [-0.05, 0) is 47.0 Å². The van der Waals surface area contributed by atoms with Crippen LogP contribution in [0.5, 0.6) is 0 Å². The van der Waals surface area contributed by atoms with Gasteiger partial charge in [0.2, 0.25) is 0 Å². The van der Waals surface area contributed by atoms with Crippen LogP contribution >= 0.6 is 34.3 Å². The van der Waals surface area contributed by atoms with Crippen LogP contribution in [-0.4, -0.2) is 45.0 Å². The second kappa shape index (κ2) is 5.82. The average Bonchev–Trinajstić information content (AvgIpc) is 2.51. The Morgan fingerprint density at radius 3 is 1.57 bits per heavy atom. The summed E-state index contributed by atoms with van der Waals surface area (Å²) in [6.07, 6.45) is 0. The van der Waals surface area contributed by atoms with Gasteiger partial charge in [-0.1, -0.05) is 20.8 Å². The second-order valence-electron chi connectivity index (χ2n) is 9.14. The number of nitrogens with zero attached hydrogens (tertiary/aromatic N) is 2. The highest BCUT2D eigenvalue weighted by Crippen LogP contribution is 2.48. The van der Waals surface area contributed by atoms with Gasteiger partial charge in [0.15, 0.2) is 0 Å². The van der Waals surface area contributed by atoms with E-state index in [0.717, 1.165) is 6.54 Å². The van der Waals surface area contributed by atoms with E-state index in [9.17, 15) is 0 Å². The van der Waals surface area contributed by atoms with Crippen LogP contribution < -0.4 is 0 Å². The standard InChI is InChI=1S/C15H31Cl3N2Si/c1-13(2,3)11-10-19(14(4,5)6)21(18,12(16)17)20(11)15(7,8)9/h11-12H,10H2,1-9H3. The molecule has 0 N–H and O–H groups in total. The number of rotatable bonds is 1. The molecule has 1 heterocycles. The van der Waals surface area contributed by atoms with Crippen molar-refractivity contribution in [1.29, 1.82) is 0 Å². The monoisotopic (exact) mass is 372 g/mol. The van der Waals surface area contributed by atoms with Gasteiger partial charge in [0.1, 0.15) is 4.46 Å². The lowest BCUT2D eigenvalue weighted by Gasteiger charge is -2.50. The first kappa shape index (κ1) is 20.1. The number of hydrogen-bond donors (Lipinski definition) is 0. The Labute approximate surface area is 147 Å². The summed E-state index contributed by atoms with van der Waals surface area (Å²) in [4.78, 5) is 0. The number of alkyl halides is 2. The van der Waals surface area contributed by atoms with Gasteiger partial charge in [0.25, 0.3) is 0 Å². The van der Waals surface area contributed by atoms with Crippen LogP contribution in [0.1, 0.15) is 62.3 Å². The predicted octanol–water partition coefficient (Wildman–Crippen LogP) is 5.14. The summed E-state index contributed by atoms with van der Waals surface area (Å²) in [5.74, 6) is 0. The lowest BCUT2D eigenvalue weighted by molar-refractivity contribution is 0.113. The fourth-order valence-corrected chi connectivity index (χ4v) is 10.6. The highest BCUT2D eigenvalue weighted by Gasteiger charge is 2.65. The van der Waals surface area contributed by atoms with Gasteiger partial charge in [-0.15, -0.1) is 34.3 Å². The van der Waals surface area contributed by atoms with Crippen molar-refractivity contribution in [2.45, 2.75) is 83.9 Å². The summed E-state index contributed by atoms with van der Waals surface area (Å²) < 4.78 is 4.26. The molecule has 2 unspecified atom stereocenters. The van der Waals surface area contributed by atoms with Crippen LogP contribution in [0.3, 0.4) is 0 Å². The summed E-state index contributed by atoms with van der Waals surface area (Å²) >= 11 is 20.1. The molecule has 1 rings (SSSR count). The Bertz CT molecular complexity index is 382. The first-order chi connectivity index (χ1) is 9.04. The van der Waals surface area contributed by atoms with Crippen molar-refractivity contribution in [3.05, 3.63) is 0 Å². The fourth-order valence-electron chi connectivity index (χ4n) is 3.30. The fraction of sp³-hybridized carbons (Fsp3) is 1.00. The molecule has 0 bridgehead atoms. The molecule has 0 spiro atoms. The molecule has 1 fully saturated rings. The van der Waals surface area contributed by atoms with E-state index >= 15 is 0 Å². The third kappa shape index (κ3) is 3.75. The van der Waals surface area contributed by atoms with Gasteiger partial charge in [-0.3, -0.25) is 9.13 Å². The van der Waals surface area contributed by atoms with Crippen molar-refractivity contribution in [3.8, 4) is 0 Å². The Morgan fingerprint density at radius 2 is 1.33 bits per heavy atom. The molecule has 2 nitrogen and oxygen atoms in total. The Morgan fingerprint density at radius 1 is 0.905 bits per heavy atom. The average molecular weight is 374 g/mol. The first-order valence-corrected chi connectivity index (χ1v) is 11.4. The molecule has 0 aromatic heterocycles. The molecule has 0 radical (unpaired) electrons. The summed E-state index contributed by atoms with van der Waals surface area (Å²) in [6, 6.07) is 0.334. The topological polar surface area (TPSA) is 6.48 Å². The summed E-state index contributed by atoms with van der Waals surface area (Å²) in [5.41, 5.74) is -0.0173. The van der Waals surface area contributed by atoms with Crippen molar-refractivity contribution >= 4 is 42.0 Å². The summed E-state index contributed by atoms with van der Waals surface area (Å²) in [7, 11) is -2.70. The van der Waals surface area contributed by atoms with Crippen molar-refractivity contribution in [1.82, 2.24) is 9.13 Å². The molecular weight excluding hydrogens is 343 g/mol. The number of halogens is 3. The predicted molar refractivity (Wildman–Crippen MR) is 98.4 cm³/mol. The van der Waals surface area contributed by atoms with Crippen molar-refractivity contribution in [2.24, 2.45) is 5.41 Å². The normalized spacial score (nSPS) is 30.4. The Kier molecular flexibility index (Phi) is 5.56. The number of hydrogen-bond acceptors (Lipinski definition) is 2. The van der Waals surface area contributed by atoms with Crippen LogP contribution in [0.15, 0.2) is 0 Å². The maximum atomic E-state index is 7.23. The van der Waals surface area contributed by atoms with E-state index in [-0.39, 0.29) is 16.5 Å². The first-order valence-electron chi connectivity index (χ1n) is 7.58. The third-order valence-electron chi connectivity index (χ3n) is 4.19. The van der Waals surface area contributed by atoms with Crippen LogP contribution in [-0.2, 0) is 0 Å². The molecule has 1 aliphatic rings. The third-order valence-corrected chi connectivity index (χ3v) is 12.3. The molecule has 1 saturated heterocycles. The summed E-state index contributed by atoms with van der Waals surface area (Å²) in [5, 5.41) is 0. The van der Waals surface area contributed by atoms with Gasteiger partial charge in [0, 0.05) is 23.7 Å². The molecular formula is C15H31Cl3N2Si. The van der Waals surface area contributed by atoms with Crippen LogP contribution in [0.25, 0.3) is 0 Å².